The number of hydrogen-bond acceptors (Lipinski definition) is 0. The van der Waals surface area contributed by atoms with Crippen LogP contribution in [0.25, 0.3) is 0 Å². The first-order valence-electron chi connectivity index (χ1n) is 5.38. The maximum Gasteiger partial charge on any atom is -0.0351 e. The van der Waals surface area contributed by atoms with Crippen LogP contribution >= 0.6 is 0 Å². The van der Waals surface area contributed by atoms with Crippen LogP contribution in [0.1, 0.15) is 59.3 Å². The molecule has 0 spiro atoms. The van der Waals surface area contributed by atoms with Gasteiger partial charge in [0, 0.05) is 0 Å². The summed E-state index contributed by atoms with van der Waals surface area (Å²) in [5.41, 5.74) is 0. The van der Waals surface area contributed by atoms with Gasteiger partial charge in [-0.05, 0) is 25.7 Å². The lowest BCUT2D eigenvalue weighted by molar-refractivity contribution is 0.521. The van der Waals surface area contributed by atoms with Crippen LogP contribution in [0.5, 0.6) is 0 Å². The Bertz CT molecular complexity index is 101. The van der Waals surface area contributed by atoms with Gasteiger partial charge in [-0.15, -0.1) is 0 Å². The van der Waals surface area contributed by atoms with E-state index in [1.807, 2.05) is 0 Å². The molecule has 0 unspecified atom stereocenters. The van der Waals surface area contributed by atoms with Gasteiger partial charge in [-0.1, -0.05) is 51.7 Å². The number of allylic oxidation sites excluding steroid dienone is 2. The van der Waals surface area contributed by atoms with Crippen molar-refractivity contribution in [1.82, 2.24) is 0 Å². The van der Waals surface area contributed by atoms with Crippen molar-refractivity contribution in [2.75, 3.05) is 0 Å². The highest BCUT2D eigenvalue weighted by Crippen LogP contribution is 2.10. The van der Waals surface area contributed by atoms with Crippen LogP contribution in [0.15, 0.2) is 12.2 Å². The van der Waals surface area contributed by atoms with Gasteiger partial charge in [0.2, 0.25) is 0 Å². The molecule has 0 atom stereocenters. The van der Waals surface area contributed by atoms with Crippen molar-refractivity contribution >= 4 is 0 Å². The lowest BCUT2D eigenvalue weighted by Crippen LogP contribution is -1.86. The van der Waals surface area contributed by atoms with Crippen LogP contribution in [0, 0.1) is 5.92 Å². The minimum atomic E-state index is 0.889. The van der Waals surface area contributed by atoms with Gasteiger partial charge < -0.3 is 0 Å². The van der Waals surface area contributed by atoms with E-state index < -0.39 is 0 Å². The number of hydrogen-bond donors (Lipinski definition) is 0. The van der Waals surface area contributed by atoms with Crippen molar-refractivity contribution in [2.45, 2.75) is 59.3 Å². The highest BCUT2D eigenvalue weighted by molar-refractivity contribution is 4.76. The lowest BCUT2D eigenvalue weighted by atomic mass is 10.0. The van der Waals surface area contributed by atoms with E-state index in [2.05, 4.69) is 32.9 Å². The normalized spacial score (nSPS) is 11.7. The Hall–Kier alpha value is -0.260. The molecule has 0 amide bonds. The molecule has 0 N–H and O–H groups in total. The zero-order valence-electron chi connectivity index (χ0n) is 8.97. The van der Waals surface area contributed by atoms with Crippen molar-refractivity contribution in [3.05, 3.63) is 12.2 Å². The van der Waals surface area contributed by atoms with E-state index in [1.54, 1.807) is 0 Å². The summed E-state index contributed by atoms with van der Waals surface area (Å²) in [5.74, 6) is 0.889. The minimum absolute atomic E-state index is 0.889. The topological polar surface area (TPSA) is 0 Å². The SMILES string of the molecule is C/C=C\CCCCCCC(C)C. The molecule has 0 bridgehead atoms. The molecule has 0 rings (SSSR count). The van der Waals surface area contributed by atoms with Gasteiger partial charge in [0.25, 0.3) is 0 Å². The first-order valence-corrected chi connectivity index (χ1v) is 5.38. The summed E-state index contributed by atoms with van der Waals surface area (Å²) in [6.45, 7) is 6.71. The highest BCUT2D eigenvalue weighted by Gasteiger charge is 1.93. The van der Waals surface area contributed by atoms with Gasteiger partial charge in [0.05, 0.1) is 0 Å². The van der Waals surface area contributed by atoms with Gasteiger partial charge >= 0.3 is 0 Å². The molecular formula is C12H24. The van der Waals surface area contributed by atoms with Gasteiger partial charge in [-0.2, -0.15) is 0 Å². The second-order valence-electron chi connectivity index (χ2n) is 3.95. The lowest BCUT2D eigenvalue weighted by Gasteiger charge is -2.02. The predicted molar refractivity (Wildman–Crippen MR) is 57.4 cm³/mol. The van der Waals surface area contributed by atoms with Gasteiger partial charge in [-0.25, -0.2) is 0 Å². The Kier molecular flexibility index (Phi) is 8.64. The van der Waals surface area contributed by atoms with Crippen molar-refractivity contribution < 1.29 is 0 Å². The molecular weight excluding hydrogens is 144 g/mol. The minimum Gasteiger partial charge on any atom is -0.0917 e. The van der Waals surface area contributed by atoms with E-state index in [0.29, 0.717) is 0 Å². The average Bonchev–Trinajstić information content (AvgIpc) is 2.02. The van der Waals surface area contributed by atoms with Gasteiger partial charge in [0.1, 0.15) is 0 Å². The molecule has 0 aliphatic carbocycles. The Balaban J connectivity index is 2.91. The molecule has 0 nitrogen and oxygen atoms in total. The average molecular weight is 168 g/mol. The fraction of sp³-hybridized carbons (Fsp3) is 0.833. The Labute approximate surface area is 78.1 Å². The largest absolute Gasteiger partial charge is 0.0917 e. The first kappa shape index (κ1) is 11.7. The third-order valence-corrected chi connectivity index (χ3v) is 2.14. The second-order valence-corrected chi connectivity index (χ2v) is 3.95. The van der Waals surface area contributed by atoms with E-state index in [-0.39, 0.29) is 0 Å². The van der Waals surface area contributed by atoms with Crippen LogP contribution in [-0.4, -0.2) is 0 Å². The summed E-state index contributed by atoms with van der Waals surface area (Å²) in [7, 11) is 0. The van der Waals surface area contributed by atoms with Crippen LogP contribution in [0.3, 0.4) is 0 Å². The first-order chi connectivity index (χ1) is 5.77. The van der Waals surface area contributed by atoms with Crippen LogP contribution in [0.4, 0.5) is 0 Å². The van der Waals surface area contributed by atoms with Gasteiger partial charge in [0.15, 0.2) is 0 Å². The zero-order valence-corrected chi connectivity index (χ0v) is 8.97. The number of rotatable bonds is 7. The molecule has 0 heteroatoms. The zero-order chi connectivity index (χ0) is 9.23. The summed E-state index contributed by atoms with van der Waals surface area (Å²) in [6.07, 6.45) is 12.7. The molecule has 12 heavy (non-hydrogen) atoms. The standard InChI is InChI=1S/C12H24/c1-4-5-6-7-8-9-10-11-12(2)3/h4-5,12H,6-11H2,1-3H3/b5-4-. The maximum absolute atomic E-state index is 2.31. The van der Waals surface area contributed by atoms with Gasteiger partial charge in [-0.3, -0.25) is 0 Å². The van der Waals surface area contributed by atoms with Crippen molar-refractivity contribution in [3.8, 4) is 0 Å². The molecule has 0 aromatic carbocycles. The second kappa shape index (κ2) is 8.83. The predicted octanol–water partition coefficient (Wildman–Crippen LogP) is 4.56. The van der Waals surface area contributed by atoms with E-state index >= 15 is 0 Å². The van der Waals surface area contributed by atoms with Crippen molar-refractivity contribution in [1.29, 1.82) is 0 Å². The molecule has 0 heterocycles. The molecule has 0 fully saturated rings. The molecule has 0 saturated heterocycles. The Morgan fingerprint density at radius 3 is 2.25 bits per heavy atom. The van der Waals surface area contributed by atoms with Crippen molar-refractivity contribution in [3.63, 3.8) is 0 Å². The number of unbranched alkanes of at least 4 members (excludes halogenated alkanes) is 4. The Morgan fingerprint density at radius 2 is 1.67 bits per heavy atom. The van der Waals surface area contributed by atoms with E-state index in [0.717, 1.165) is 5.92 Å². The molecule has 0 aliphatic heterocycles. The quantitative estimate of drug-likeness (QED) is 0.386. The van der Waals surface area contributed by atoms with Crippen LogP contribution in [-0.2, 0) is 0 Å². The summed E-state index contributed by atoms with van der Waals surface area (Å²) < 4.78 is 0. The molecule has 72 valence electrons. The molecule has 0 radical (unpaired) electrons. The van der Waals surface area contributed by atoms with E-state index in [1.165, 1.54) is 38.5 Å². The summed E-state index contributed by atoms with van der Waals surface area (Å²) in [6, 6.07) is 0. The Morgan fingerprint density at radius 1 is 1.00 bits per heavy atom. The van der Waals surface area contributed by atoms with Crippen LogP contribution in [0.2, 0.25) is 0 Å². The highest BCUT2D eigenvalue weighted by atomic mass is 14.0. The molecule has 0 aliphatic rings. The molecule has 0 aromatic rings. The third kappa shape index (κ3) is 9.74. The third-order valence-electron chi connectivity index (χ3n) is 2.14. The fourth-order valence-corrected chi connectivity index (χ4v) is 1.33. The smallest absolute Gasteiger partial charge is 0.0351 e. The molecule has 0 aromatic heterocycles. The monoisotopic (exact) mass is 168 g/mol. The summed E-state index contributed by atoms with van der Waals surface area (Å²) >= 11 is 0. The van der Waals surface area contributed by atoms with E-state index in [4.69, 9.17) is 0 Å². The summed E-state index contributed by atoms with van der Waals surface area (Å²) in [5, 5.41) is 0. The summed E-state index contributed by atoms with van der Waals surface area (Å²) in [4.78, 5) is 0. The molecule has 0 saturated carbocycles. The fourth-order valence-electron chi connectivity index (χ4n) is 1.33. The van der Waals surface area contributed by atoms with Crippen molar-refractivity contribution in [2.24, 2.45) is 5.92 Å². The maximum atomic E-state index is 2.31. The van der Waals surface area contributed by atoms with Crippen LogP contribution < -0.4 is 0 Å². The van der Waals surface area contributed by atoms with E-state index in [9.17, 15) is 0 Å².